The van der Waals surface area contributed by atoms with Crippen molar-refractivity contribution in [2.75, 3.05) is 32.8 Å². The maximum Gasteiger partial charge on any atom is 0.137 e. The number of quaternary nitrogens is 1. The maximum atomic E-state index is 10.7. The molecule has 0 aromatic heterocycles. The monoisotopic (exact) mass is 418 g/mol. The molecule has 170 valence electrons. The highest BCUT2D eigenvalue weighted by Gasteiger charge is 2.38. The largest absolute Gasteiger partial charge is 0.491 e. The van der Waals surface area contributed by atoms with Gasteiger partial charge in [-0.05, 0) is 54.9 Å². The molecule has 30 heavy (non-hydrogen) atoms. The lowest BCUT2D eigenvalue weighted by atomic mass is 9.72. The predicted molar refractivity (Wildman–Crippen MR) is 125 cm³/mol. The summed E-state index contributed by atoms with van der Waals surface area (Å²) in [5.41, 5.74) is 1.71. The molecule has 1 N–H and O–H groups in total. The predicted octanol–water partition coefficient (Wildman–Crippen LogP) is 4.95. The normalized spacial score (nSPS) is 26.3. The Kier molecular flexibility index (Phi) is 8.17. The van der Waals surface area contributed by atoms with Crippen LogP contribution in [0.1, 0.15) is 60.5 Å². The van der Waals surface area contributed by atoms with E-state index in [2.05, 4.69) is 67.2 Å². The second-order valence-electron chi connectivity index (χ2n) is 11.2. The van der Waals surface area contributed by atoms with E-state index >= 15 is 0 Å². The summed E-state index contributed by atoms with van der Waals surface area (Å²) < 4.78 is 12.6. The molecule has 0 unspecified atom stereocenters. The Hall–Kier alpha value is -1.36. The molecule has 1 aliphatic rings. The van der Waals surface area contributed by atoms with E-state index in [1.807, 2.05) is 18.2 Å². The summed E-state index contributed by atoms with van der Waals surface area (Å²) in [6, 6.07) is 8.37. The van der Waals surface area contributed by atoms with E-state index in [0.717, 1.165) is 36.3 Å². The molecule has 0 radical (unpaired) electrons. The quantitative estimate of drug-likeness (QED) is 0.455. The third-order valence-corrected chi connectivity index (χ3v) is 5.92. The van der Waals surface area contributed by atoms with Gasteiger partial charge < -0.3 is 19.1 Å². The van der Waals surface area contributed by atoms with Gasteiger partial charge in [0.15, 0.2) is 0 Å². The van der Waals surface area contributed by atoms with Crippen LogP contribution in [0.2, 0.25) is 0 Å². The number of rotatable bonds is 9. The van der Waals surface area contributed by atoms with Crippen LogP contribution in [0.25, 0.3) is 0 Å². The van der Waals surface area contributed by atoms with E-state index in [1.54, 1.807) is 0 Å². The Morgan fingerprint density at radius 2 is 1.70 bits per heavy atom. The molecule has 0 bridgehead atoms. The van der Waals surface area contributed by atoms with Crippen molar-refractivity contribution in [3.63, 3.8) is 0 Å². The van der Waals surface area contributed by atoms with Crippen molar-refractivity contribution in [1.29, 1.82) is 0 Å². The van der Waals surface area contributed by atoms with Crippen LogP contribution in [0, 0.1) is 5.41 Å². The molecule has 3 atom stereocenters. The van der Waals surface area contributed by atoms with Crippen molar-refractivity contribution in [3.8, 4) is 5.75 Å². The second-order valence-corrected chi connectivity index (χ2v) is 11.2. The molecule has 1 aromatic rings. The Morgan fingerprint density at radius 1 is 1.13 bits per heavy atom. The molecule has 0 spiro atoms. The molecule has 1 heterocycles. The first kappa shape index (κ1) is 24.9. The number of nitrogens with zero attached hydrogens (tertiary/aromatic N) is 1. The fourth-order valence-corrected chi connectivity index (χ4v) is 5.42. The first-order valence-electron chi connectivity index (χ1n) is 11.4. The Balaban J connectivity index is 1.95. The van der Waals surface area contributed by atoms with Gasteiger partial charge in [-0.25, -0.2) is 0 Å². The van der Waals surface area contributed by atoms with Crippen LogP contribution in [0.15, 0.2) is 36.9 Å². The summed E-state index contributed by atoms with van der Waals surface area (Å²) in [6.45, 7) is 23.2. The molecule has 4 heteroatoms. The zero-order valence-corrected chi connectivity index (χ0v) is 20.3. The first-order chi connectivity index (χ1) is 13.8. The van der Waals surface area contributed by atoms with Crippen LogP contribution in [-0.2, 0) is 10.2 Å². The van der Waals surface area contributed by atoms with Gasteiger partial charge >= 0.3 is 0 Å². The van der Waals surface area contributed by atoms with Crippen LogP contribution >= 0.6 is 0 Å². The number of hydrogen-bond donors (Lipinski definition) is 1. The van der Waals surface area contributed by atoms with Gasteiger partial charge in [0.1, 0.15) is 50.3 Å². The summed E-state index contributed by atoms with van der Waals surface area (Å²) in [4.78, 5) is 0. The minimum Gasteiger partial charge on any atom is -0.491 e. The summed E-state index contributed by atoms with van der Waals surface area (Å²) in [5.74, 6) is 0.809. The zero-order chi connectivity index (χ0) is 22.6. The van der Waals surface area contributed by atoms with Gasteiger partial charge in [-0.2, -0.15) is 0 Å². The highest BCUT2D eigenvalue weighted by Crippen LogP contribution is 2.36. The number of ether oxygens (including phenoxy) is 2. The van der Waals surface area contributed by atoms with Crippen molar-refractivity contribution in [2.24, 2.45) is 5.41 Å². The maximum absolute atomic E-state index is 10.7. The van der Waals surface area contributed by atoms with Crippen LogP contribution in [-0.4, -0.2) is 60.7 Å². The molecule has 0 aliphatic carbocycles. The summed E-state index contributed by atoms with van der Waals surface area (Å²) in [7, 11) is 0. The van der Waals surface area contributed by atoms with Crippen LogP contribution < -0.4 is 4.74 Å². The number of morpholine rings is 1. The van der Waals surface area contributed by atoms with E-state index < -0.39 is 6.10 Å². The smallest absolute Gasteiger partial charge is 0.137 e. The van der Waals surface area contributed by atoms with E-state index in [4.69, 9.17) is 9.47 Å². The average Bonchev–Trinajstić information content (AvgIpc) is 2.57. The van der Waals surface area contributed by atoms with Gasteiger partial charge in [-0.3, -0.25) is 0 Å². The average molecular weight is 419 g/mol. The third-order valence-electron chi connectivity index (χ3n) is 5.92. The van der Waals surface area contributed by atoms with Crippen molar-refractivity contribution in [1.82, 2.24) is 0 Å². The van der Waals surface area contributed by atoms with Crippen molar-refractivity contribution in [2.45, 2.75) is 78.6 Å². The SMILES string of the molecule is C=CC[N+]1(C[C@@H](O)COc2ccc(C(C)(C)CC(C)(C)C)cc2)C[C@H](C)O[C@@H](C)C1. The molecule has 1 fully saturated rings. The lowest BCUT2D eigenvalue weighted by Crippen LogP contribution is -2.62. The highest BCUT2D eigenvalue weighted by atomic mass is 16.5. The molecular weight excluding hydrogens is 374 g/mol. The Labute approximate surface area is 184 Å². The fraction of sp³-hybridized carbons (Fsp3) is 0.692. The summed E-state index contributed by atoms with van der Waals surface area (Å²) in [6.07, 6.45) is 2.91. The molecule has 1 aromatic carbocycles. The first-order valence-corrected chi connectivity index (χ1v) is 11.4. The molecular formula is C26H44NO3+. The van der Waals surface area contributed by atoms with Crippen LogP contribution in [0.3, 0.4) is 0 Å². The molecule has 1 aliphatic heterocycles. The second kappa shape index (κ2) is 9.84. The van der Waals surface area contributed by atoms with Gasteiger partial charge in [0, 0.05) is 0 Å². The number of aliphatic hydroxyl groups is 1. The molecule has 0 amide bonds. The van der Waals surface area contributed by atoms with Gasteiger partial charge in [-0.15, -0.1) is 0 Å². The number of benzene rings is 1. The minimum atomic E-state index is -0.528. The molecule has 2 rings (SSSR count). The van der Waals surface area contributed by atoms with Crippen molar-refractivity contribution in [3.05, 3.63) is 42.5 Å². The summed E-state index contributed by atoms with van der Waals surface area (Å²) >= 11 is 0. The molecule has 0 saturated carbocycles. The third kappa shape index (κ3) is 7.40. The topological polar surface area (TPSA) is 38.7 Å². The number of hydrogen-bond acceptors (Lipinski definition) is 3. The van der Waals surface area contributed by atoms with E-state index in [9.17, 15) is 5.11 Å². The van der Waals surface area contributed by atoms with E-state index in [1.165, 1.54) is 5.56 Å². The van der Waals surface area contributed by atoms with Gasteiger partial charge in [0.05, 0.1) is 6.54 Å². The Morgan fingerprint density at radius 3 is 2.20 bits per heavy atom. The van der Waals surface area contributed by atoms with Crippen LogP contribution in [0.4, 0.5) is 0 Å². The lowest BCUT2D eigenvalue weighted by Gasteiger charge is -2.46. The van der Waals surface area contributed by atoms with Crippen LogP contribution in [0.5, 0.6) is 5.75 Å². The standard InChI is InChI=1S/C26H44NO3/c1-9-14-27(15-20(2)30-21(3)16-27)17-23(28)18-29-24-12-10-22(11-13-24)26(7,8)19-25(4,5)6/h9-13,20-21,23,28H,1,14-19H2,2-8H3/q+1/t20-,21-,23+/m0/s1. The fourth-order valence-electron chi connectivity index (χ4n) is 5.42. The Bertz CT molecular complexity index is 665. The van der Waals surface area contributed by atoms with Crippen molar-refractivity contribution < 1.29 is 19.1 Å². The zero-order valence-electron chi connectivity index (χ0n) is 20.3. The van der Waals surface area contributed by atoms with Gasteiger partial charge in [-0.1, -0.05) is 53.3 Å². The molecule has 1 saturated heterocycles. The minimum absolute atomic E-state index is 0.112. The highest BCUT2D eigenvalue weighted by molar-refractivity contribution is 5.31. The summed E-state index contributed by atoms with van der Waals surface area (Å²) in [5, 5.41) is 10.7. The van der Waals surface area contributed by atoms with Gasteiger partial charge in [0.2, 0.25) is 0 Å². The van der Waals surface area contributed by atoms with E-state index in [0.29, 0.717) is 13.2 Å². The van der Waals surface area contributed by atoms with E-state index in [-0.39, 0.29) is 23.0 Å². The number of aliphatic hydroxyl groups excluding tert-OH is 1. The lowest BCUT2D eigenvalue weighted by molar-refractivity contribution is -0.938. The molecule has 4 nitrogen and oxygen atoms in total. The van der Waals surface area contributed by atoms with Gasteiger partial charge in [0.25, 0.3) is 0 Å². The van der Waals surface area contributed by atoms with Crippen molar-refractivity contribution >= 4 is 0 Å².